The minimum Gasteiger partial charge on any atom is -0.397 e. The number of benzene rings is 1. The molecule has 0 amide bonds. The highest BCUT2D eigenvalue weighted by molar-refractivity contribution is 7.92. The minimum atomic E-state index is -3.76. The van der Waals surface area contributed by atoms with Crippen molar-refractivity contribution in [2.24, 2.45) is 7.05 Å². The number of rotatable bonds is 3. The van der Waals surface area contributed by atoms with E-state index >= 15 is 0 Å². The normalized spacial score (nSPS) is 11.4. The van der Waals surface area contributed by atoms with E-state index in [0.717, 1.165) is 0 Å². The molecule has 0 aliphatic heterocycles. The molecule has 0 atom stereocenters. The molecule has 18 heavy (non-hydrogen) atoms. The van der Waals surface area contributed by atoms with Gasteiger partial charge in [0.15, 0.2) is 5.03 Å². The zero-order valence-corrected chi connectivity index (χ0v) is 11.0. The summed E-state index contributed by atoms with van der Waals surface area (Å²) < 4.78 is 27.8. The van der Waals surface area contributed by atoms with Crippen molar-refractivity contribution in [1.29, 1.82) is 0 Å². The van der Waals surface area contributed by atoms with Gasteiger partial charge in [-0.1, -0.05) is 17.7 Å². The van der Waals surface area contributed by atoms with Gasteiger partial charge < -0.3 is 5.73 Å². The van der Waals surface area contributed by atoms with Crippen LogP contribution in [-0.2, 0) is 17.1 Å². The van der Waals surface area contributed by atoms with Gasteiger partial charge in [0.25, 0.3) is 10.0 Å². The van der Waals surface area contributed by atoms with Crippen LogP contribution < -0.4 is 10.5 Å². The van der Waals surface area contributed by atoms with Crippen molar-refractivity contribution >= 4 is 33.0 Å². The molecule has 0 saturated heterocycles. The lowest BCUT2D eigenvalue weighted by molar-refractivity contribution is 0.582. The van der Waals surface area contributed by atoms with Crippen LogP contribution >= 0.6 is 11.6 Å². The SMILES string of the molecule is Cn1nccc1S(=O)(=O)Nc1c(N)cccc1Cl. The monoisotopic (exact) mass is 286 g/mol. The number of hydrogen-bond acceptors (Lipinski definition) is 4. The first kappa shape index (κ1) is 12.7. The molecule has 0 aliphatic carbocycles. The molecule has 2 aromatic rings. The second-order valence-corrected chi connectivity index (χ2v) is 5.64. The number of nitrogens with one attached hydrogen (secondary N) is 1. The topological polar surface area (TPSA) is 90.0 Å². The first-order valence-corrected chi connectivity index (χ1v) is 6.83. The maximum absolute atomic E-state index is 12.1. The number of nitrogens with zero attached hydrogens (tertiary/aromatic N) is 2. The highest BCUT2D eigenvalue weighted by Crippen LogP contribution is 2.29. The molecule has 0 spiro atoms. The van der Waals surface area contributed by atoms with Crippen molar-refractivity contribution in [1.82, 2.24) is 9.78 Å². The fourth-order valence-electron chi connectivity index (χ4n) is 1.46. The number of nitrogen functional groups attached to an aromatic ring is 1. The lowest BCUT2D eigenvalue weighted by Crippen LogP contribution is -2.17. The van der Waals surface area contributed by atoms with Crippen molar-refractivity contribution in [3.63, 3.8) is 0 Å². The number of anilines is 2. The summed E-state index contributed by atoms with van der Waals surface area (Å²) in [7, 11) is -2.23. The average Bonchev–Trinajstić information content (AvgIpc) is 2.71. The summed E-state index contributed by atoms with van der Waals surface area (Å²) in [6, 6.07) is 6.14. The molecular formula is C10H11ClN4O2S. The summed E-state index contributed by atoms with van der Waals surface area (Å²) in [5.74, 6) is 0. The molecule has 0 fully saturated rings. The lowest BCUT2D eigenvalue weighted by Gasteiger charge is -2.11. The standard InChI is InChI=1S/C10H11ClN4O2S/c1-15-9(5-6-13-15)18(16,17)14-10-7(11)3-2-4-8(10)12/h2-6,14H,12H2,1H3. The van der Waals surface area contributed by atoms with Crippen molar-refractivity contribution in [2.75, 3.05) is 10.5 Å². The maximum atomic E-state index is 12.1. The van der Waals surface area contributed by atoms with E-state index in [-0.39, 0.29) is 21.4 Å². The molecule has 1 aromatic heterocycles. The van der Waals surface area contributed by atoms with E-state index in [2.05, 4.69) is 9.82 Å². The summed E-state index contributed by atoms with van der Waals surface area (Å²) in [6.45, 7) is 0. The molecule has 1 aromatic carbocycles. The molecule has 96 valence electrons. The van der Waals surface area contributed by atoms with Gasteiger partial charge in [-0.15, -0.1) is 0 Å². The molecule has 0 aliphatic rings. The van der Waals surface area contributed by atoms with Gasteiger partial charge in [0.1, 0.15) is 0 Å². The Morgan fingerprint density at radius 2 is 2.11 bits per heavy atom. The van der Waals surface area contributed by atoms with Crippen LogP contribution in [0, 0.1) is 0 Å². The van der Waals surface area contributed by atoms with Gasteiger partial charge in [-0.05, 0) is 18.2 Å². The van der Waals surface area contributed by atoms with Gasteiger partial charge in [0.05, 0.1) is 22.6 Å². The van der Waals surface area contributed by atoms with Crippen molar-refractivity contribution < 1.29 is 8.42 Å². The highest BCUT2D eigenvalue weighted by atomic mass is 35.5. The summed E-state index contributed by atoms with van der Waals surface area (Å²) in [6.07, 6.45) is 1.39. The van der Waals surface area contributed by atoms with Crippen molar-refractivity contribution in [3.8, 4) is 0 Å². The summed E-state index contributed by atoms with van der Waals surface area (Å²) in [4.78, 5) is 0. The number of hydrogen-bond donors (Lipinski definition) is 2. The molecule has 3 N–H and O–H groups in total. The Balaban J connectivity index is 2.44. The molecule has 8 heteroatoms. The lowest BCUT2D eigenvalue weighted by atomic mass is 10.3. The largest absolute Gasteiger partial charge is 0.397 e. The Morgan fingerprint density at radius 3 is 2.67 bits per heavy atom. The van der Waals surface area contributed by atoms with E-state index in [4.69, 9.17) is 17.3 Å². The van der Waals surface area contributed by atoms with E-state index < -0.39 is 10.0 Å². The van der Waals surface area contributed by atoms with Crippen LogP contribution in [0.2, 0.25) is 5.02 Å². The zero-order valence-electron chi connectivity index (χ0n) is 9.46. The van der Waals surface area contributed by atoms with Crippen molar-refractivity contribution in [2.45, 2.75) is 5.03 Å². The van der Waals surface area contributed by atoms with E-state index in [9.17, 15) is 8.42 Å². The molecule has 0 bridgehead atoms. The van der Waals surface area contributed by atoms with Gasteiger partial charge >= 0.3 is 0 Å². The Bertz CT molecular complexity index is 661. The summed E-state index contributed by atoms with van der Waals surface area (Å²) in [5.41, 5.74) is 6.11. The number of nitrogens with two attached hydrogens (primary N) is 1. The Labute approximate surface area is 109 Å². The molecule has 0 saturated carbocycles. The van der Waals surface area contributed by atoms with Gasteiger partial charge in [0.2, 0.25) is 0 Å². The third-order valence-corrected chi connectivity index (χ3v) is 4.07. The second-order valence-electron chi connectivity index (χ2n) is 3.60. The van der Waals surface area contributed by atoms with E-state index in [1.54, 1.807) is 18.2 Å². The first-order valence-electron chi connectivity index (χ1n) is 4.96. The third kappa shape index (κ3) is 2.27. The van der Waals surface area contributed by atoms with E-state index in [0.29, 0.717) is 0 Å². The molecular weight excluding hydrogens is 276 g/mol. The number of para-hydroxylation sites is 1. The van der Waals surface area contributed by atoms with Crippen LogP contribution in [0.15, 0.2) is 35.5 Å². The van der Waals surface area contributed by atoms with E-state index in [1.165, 1.54) is 24.0 Å². The maximum Gasteiger partial charge on any atom is 0.279 e. The number of aryl methyl sites for hydroxylation is 1. The van der Waals surface area contributed by atoms with Crippen molar-refractivity contribution in [3.05, 3.63) is 35.5 Å². The van der Waals surface area contributed by atoms with Gasteiger partial charge in [-0.3, -0.25) is 9.40 Å². The number of aromatic nitrogens is 2. The first-order chi connectivity index (χ1) is 8.42. The van der Waals surface area contributed by atoms with Gasteiger partial charge in [-0.2, -0.15) is 13.5 Å². The predicted octanol–water partition coefficient (Wildman–Crippen LogP) is 1.46. The van der Waals surface area contributed by atoms with Crippen LogP contribution in [0.5, 0.6) is 0 Å². The third-order valence-electron chi connectivity index (χ3n) is 2.33. The average molecular weight is 287 g/mol. The smallest absolute Gasteiger partial charge is 0.279 e. The summed E-state index contributed by atoms with van der Waals surface area (Å²) >= 11 is 5.91. The minimum absolute atomic E-state index is 0.0295. The quantitative estimate of drug-likeness (QED) is 0.836. The zero-order chi connectivity index (χ0) is 13.3. The summed E-state index contributed by atoms with van der Waals surface area (Å²) in [5, 5.41) is 4.07. The fourth-order valence-corrected chi connectivity index (χ4v) is 2.98. The number of halogens is 1. The highest BCUT2D eigenvalue weighted by Gasteiger charge is 2.20. The molecule has 2 rings (SSSR count). The van der Waals surface area contributed by atoms with Crippen LogP contribution in [0.1, 0.15) is 0 Å². The molecule has 0 unspecified atom stereocenters. The molecule has 1 heterocycles. The molecule has 0 radical (unpaired) electrons. The predicted molar refractivity (Wildman–Crippen MR) is 69.9 cm³/mol. The molecule has 6 nitrogen and oxygen atoms in total. The van der Waals surface area contributed by atoms with Crippen LogP contribution in [0.3, 0.4) is 0 Å². The van der Waals surface area contributed by atoms with Gasteiger partial charge in [-0.25, -0.2) is 0 Å². The Morgan fingerprint density at radius 1 is 1.39 bits per heavy atom. The fraction of sp³-hybridized carbons (Fsp3) is 0.100. The second kappa shape index (κ2) is 4.51. The number of sulfonamides is 1. The van der Waals surface area contributed by atoms with Crippen LogP contribution in [0.25, 0.3) is 0 Å². The van der Waals surface area contributed by atoms with Gasteiger partial charge in [0, 0.05) is 7.05 Å². The Kier molecular flexibility index (Phi) is 3.18. The Hall–Kier alpha value is -1.73. The van der Waals surface area contributed by atoms with E-state index in [1.807, 2.05) is 0 Å². The van der Waals surface area contributed by atoms with Crippen LogP contribution in [0.4, 0.5) is 11.4 Å². The van der Waals surface area contributed by atoms with Crippen LogP contribution in [-0.4, -0.2) is 18.2 Å².